The number of hydrogen-bond donors (Lipinski definition) is 1. The third kappa shape index (κ3) is 4.87. The highest BCUT2D eigenvalue weighted by Crippen LogP contribution is 2.25. The van der Waals surface area contributed by atoms with E-state index in [0.29, 0.717) is 12.0 Å². The van der Waals surface area contributed by atoms with Gasteiger partial charge in [-0.3, -0.25) is 0 Å². The fraction of sp³-hybridized carbons (Fsp3) is 0.647. The minimum absolute atomic E-state index is 0.210. The first-order valence-corrected chi connectivity index (χ1v) is 7.29. The third-order valence-corrected chi connectivity index (χ3v) is 3.51. The van der Waals surface area contributed by atoms with E-state index in [-0.39, 0.29) is 6.10 Å². The molecule has 1 N–H and O–H groups in total. The quantitative estimate of drug-likeness (QED) is 0.837. The van der Waals surface area contributed by atoms with E-state index in [1.165, 1.54) is 16.7 Å². The molecule has 1 aromatic carbocycles. The van der Waals surface area contributed by atoms with Crippen molar-refractivity contribution in [2.45, 2.75) is 60.6 Å². The molecule has 2 heteroatoms. The first-order valence-electron chi connectivity index (χ1n) is 7.29. The van der Waals surface area contributed by atoms with Gasteiger partial charge in [0.2, 0.25) is 0 Å². The van der Waals surface area contributed by atoms with Crippen LogP contribution in [0.15, 0.2) is 12.1 Å². The summed E-state index contributed by atoms with van der Waals surface area (Å²) in [5.74, 6) is 1.52. The highest BCUT2D eigenvalue weighted by molar-refractivity contribution is 5.42. The number of aryl methyl sites for hydroxylation is 2. The summed E-state index contributed by atoms with van der Waals surface area (Å²) in [5, 5.41) is 3.47. The molecule has 0 saturated carbocycles. The molecular weight excluding hydrogens is 234 g/mol. The lowest BCUT2D eigenvalue weighted by molar-refractivity contribution is 0.145. The Hall–Kier alpha value is -1.02. The van der Waals surface area contributed by atoms with Crippen LogP contribution in [0, 0.1) is 26.7 Å². The molecule has 0 aliphatic rings. The Balaban J connectivity index is 2.84. The zero-order valence-corrected chi connectivity index (χ0v) is 13.5. The van der Waals surface area contributed by atoms with Gasteiger partial charge < -0.3 is 10.1 Å². The smallest absolute Gasteiger partial charge is 0.123 e. The van der Waals surface area contributed by atoms with Crippen LogP contribution >= 0.6 is 0 Å². The maximum Gasteiger partial charge on any atom is 0.123 e. The zero-order chi connectivity index (χ0) is 14.6. The number of ether oxygens (including phenoxy) is 1. The molecule has 1 aromatic rings. The monoisotopic (exact) mass is 263 g/mol. The first kappa shape index (κ1) is 16.0. The van der Waals surface area contributed by atoms with Crippen LogP contribution in [-0.4, -0.2) is 18.7 Å². The molecule has 0 heterocycles. The van der Waals surface area contributed by atoms with E-state index in [1.807, 2.05) is 0 Å². The summed E-state index contributed by atoms with van der Waals surface area (Å²) in [6.07, 6.45) is 0.210. The molecule has 0 aromatic heterocycles. The maximum absolute atomic E-state index is 6.26. The Labute approximate surface area is 118 Å². The molecule has 108 valence electrons. The number of benzene rings is 1. The summed E-state index contributed by atoms with van der Waals surface area (Å²) < 4.78 is 6.26. The average molecular weight is 263 g/mol. The summed E-state index contributed by atoms with van der Waals surface area (Å²) in [6, 6.07) is 4.84. The Morgan fingerprint density at radius 3 is 2.21 bits per heavy atom. The van der Waals surface area contributed by atoms with Gasteiger partial charge >= 0.3 is 0 Å². The largest absolute Gasteiger partial charge is 0.489 e. The van der Waals surface area contributed by atoms with Gasteiger partial charge in [0.25, 0.3) is 0 Å². The lowest BCUT2D eigenvalue weighted by Crippen LogP contribution is -2.38. The minimum atomic E-state index is 0.210. The first-order chi connectivity index (χ1) is 8.81. The van der Waals surface area contributed by atoms with E-state index in [9.17, 15) is 0 Å². The summed E-state index contributed by atoms with van der Waals surface area (Å²) in [6.45, 7) is 16.1. The zero-order valence-electron chi connectivity index (χ0n) is 13.5. The van der Waals surface area contributed by atoms with Crippen LogP contribution in [0.1, 0.15) is 44.4 Å². The summed E-state index contributed by atoms with van der Waals surface area (Å²) in [7, 11) is 0. The molecule has 0 saturated heterocycles. The SMILES string of the molecule is Cc1cc(C)c(C)c(OC(CNC(C)C)C(C)C)c1. The van der Waals surface area contributed by atoms with E-state index >= 15 is 0 Å². The highest BCUT2D eigenvalue weighted by atomic mass is 16.5. The van der Waals surface area contributed by atoms with Gasteiger partial charge in [-0.05, 0) is 49.4 Å². The molecule has 1 rings (SSSR count). The van der Waals surface area contributed by atoms with Gasteiger partial charge in [-0.2, -0.15) is 0 Å². The fourth-order valence-corrected chi connectivity index (χ4v) is 2.05. The molecule has 1 unspecified atom stereocenters. The second-order valence-electron chi connectivity index (χ2n) is 6.17. The van der Waals surface area contributed by atoms with Crippen molar-refractivity contribution < 1.29 is 4.74 Å². The third-order valence-electron chi connectivity index (χ3n) is 3.51. The van der Waals surface area contributed by atoms with Gasteiger partial charge in [0, 0.05) is 12.6 Å². The van der Waals surface area contributed by atoms with Crippen LogP contribution in [0.2, 0.25) is 0 Å². The van der Waals surface area contributed by atoms with Gasteiger partial charge in [0.15, 0.2) is 0 Å². The van der Waals surface area contributed by atoms with Crippen LogP contribution in [0.5, 0.6) is 5.75 Å². The van der Waals surface area contributed by atoms with Crippen molar-refractivity contribution >= 4 is 0 Å². The second kappa shape index (κ2) is 6.95. The average Bonchev–Trinajstić information content (AvgIpc) is 2.29. The topological polar surface area (TPSA) is 21.3 Å². The molecule has 0 aliphatic heterocycles. The molecule has 19 heavy (non-hydrogen) atoms. The normalized spacial score (nSPS) is 13.1. The predicted octanol–water partition coefficient (Wildman–Crippen LogP) is 4.01. The lowest BCUT2D eigenvalue weighted by atomic mass is 10.0. The van der Waals surface area contributed by atoms with Gasteiger partial charge in [0.05, 0.1) is 0 Å². The van der Waals surface area contributed by atoms with Crippen molar-refractivity contribution in [3.8, 4) is 5.75 Å². The standard InChI is InChI=1S/C17H29NO/c1-11(2)17(10-18-12(3)4)19-16-9-13(5)8-14(6)15(16)7/h8-9,11-12,17-18H,10H2,1-7H3. The van der Waals surface area contributed by atoms with Gasteiger partial charge in [-0.15, -0.1) is 0 Å². The van der Waals surface area contributed by atoms with E-state index < -0.39 is 0 Å². The molecule has 0 fully saturated rings. The molecule has 0 bridgehead atoms. The van der Waals surface area contributed by atoms with E-state index in [4.69, 9.17) is 4.74 Å². The van der Waals surface area contributed by atoms with Crippen molar-refractivity contribution in [3.05, 3.63) is 28.8 Å². The molecule has 0 aliphatic carbocycles. The van der Waals surface area contributed by atoms with Gasteiger partial charge in [0.1, 0.15) is 11.9 Å². The van der Waals surface area contributed by atoms with Crippen LogP contribution in [0.3, 0.4) is 0 Å². The van der Waals surface area contributed by atoms with Gasteiger partial charge in [-0.1, -0.05) is 33.8 Å². The minimum Gasteiger partial charge on any atom is -0.489 e. The van der Waals surface area contributed by atoms with Crippen LogP contribution in [-0.2, 0) is 0 Å². The molecule has 1 atom stereocenters. The Morgan fingerprint density at radius 1 is 1.05 bits per heavy atom. The molecule has 2 nitrogen and oxygen atoms in total. The van der Waals surface area contributed by atoms with E-state index in [1.54, 1.807) is 0 Å². The number of rotatable bonds is 6. The van der Waals surface area contributed by atoms with Crippen LogP contribution in [0.25, 0.3) is 0 Å². The number of nitrogens with one attached hydrogen (secondary N) is 1. The second-order valence-corrected chi connectivity index (χ2v) is 6.17. The van der Waals surface area contributed by atoms with Crippen molar-refractivity contribution in [3.63, 3.8) is 0 Å². The Kier molecular flexibility index (Phi) is 5.86. The summed E-state index contributed by atoms with van der Waals surface area (Å²) >= 11 is 0. The molecule has 0 spiro atoms. The predicted molar refractivity (Wildman–Crippen MR) is 83.0 cm³/mol. The van der Waals surface area contributed by atoms with Crippen molar-refractivity contribution in [1.29, 1.82) is 0 Å². The molecule has 0 radical (unpaired) electrons. The van der Waals surface area contributed by atoms with Crippen molar-refractivity contribution in [2.24, 2.45) is 5.92 Å². The summed E-state index contributed by atoms with van der Waals surface area (Å²) in [4.78, 5) is 0. The van der Waals surface area contributed by atoms with Crippen molar-refractivity contribution in [2.75, 3.05) is 6.54 Å². The van der Waals surface area contributed by atoms with Crippen LogP contribution in [0.4, 0.5) is 0 Å². The fourth-order valence-electron chi connectivity index (χ4n) is 2.05. The molecule has 0 amide bonds. The molecular formula is C17H29NO. The van der Waals surface area contributed by atoms with E-state index in [0.717, 1.165) is 12.3 Å². The van der Waals surface area contributed by atoms with Crippen LogP contribution < -0.4 is 10.1 Å². The highest BCUT2D eigenvalue weighted by Gasteiger charge is 2.17. The maximum atomic E-state index is 6.26. The summed E-state index contributed by atoms with van der Waals surface area (Å²) in [5.41, 5.74) is 3.81. The Bertz CT molecular complexity index is 410. The van der Waals surface area contributed by atoms with Crippen molar-refractivity contribution in [1.82, 2.24) is 5.32 Å². The van der Waals surface area contributed by atoms with Gasteiger partial charge in [-0.25, -0.2) is 0 Å². The lowest BCUT2D eigenvalue weighted by Gasteiger charge is -2.25. The number of hydrogen-bond acceptors (Lipinski definition) is 2. The Morgan fingerprint density at radius 2 is 1.68 bits per heavy atom. The van der Waals surface area contributed by atoms with E-state index in [2.05, 4.69) is 65.9 Å².